The molecule has 0 atom stereocenters. The van der Waals surface area contributed by atoms with Gasteiger partial charge in [0.05, 0.1) is 6.42 Å². The summed E-state index contributed by atoms with van der Waals surface area (Å²) in [4.78, 5) is 11.6. The number of rotatable bonds is 10. The first-order valence-corrected chi connectivity index (χ1v) is 14.1. The van der Waals surface area contributed by atoms with Crippen LogP contribution in [0.15, 0.2) is 60.7 Å². The fourth-order valence-corrected chi connectivity index (χ4v) is 5.78. The lowest BCUT2D eigenvalue weighted by Crippen LogP contribution is -2.07. The van der Waals surface area contributed by atoms with E-state index in [1.165, 1.54) is 67.2 Å². The van der Waals surface area contributed by atoms with E-state index in [0.717, 1.165) is 22.3 Å². The number of benzene rings is 3. The highest BCUT2D eigenvalue weighted by Gasteiger charge is 2.20. The number of hydrogen-bond acceptors (Lipinski definition) is 3. The second-order valence-electron chi connectivity index (χ2n) is 11.0. The number of carboxylic acids is 1. The number of ether oxygens (including phenoxy) is 1. The molecule has 5 rings (SSSR count). The maximum atomic E-state index is 11.6. The van der Waals surface area contributed by atoms with Gasteiger partial charge in [-0.2, -0.15) is 0 Å². The Labute approximate surface area is 226 Å². The molecule has 3 aromatic rings. The number of aliphatic carboxylic acids is 1. The van der Waals surface area contributed by atoms with Crippen LogP contribution in [0.25, 0.3) is 17.2 Å². The predicted octanol–water partition coefficient (Wildman–Crippen LogP) is 7.80. The van der Waals surface area contributed by atoms with Gasteiger partial charge in [0.15, 0.2) is 0 Å². The standard InChI is InChI=1S/C34H39NO3/c1-23-28(13-12-24-6-4-7-24)17-26(18-32(23)30-11-5-8-25(16-30)21-35)22-38-33-19-29(27-9-2-3-10-27)14-15-31(33)20-34(36)37/h5,8,11-19,24,27H,2-4,6-7,9-10,20-22,35H2,1H3,(H,36,37)/b13-12-. The molecule has 2 aliphatic carbocycles. The molecule has 2 fully saturated rings. The normalized spacial score (nSPS) is 16.2. The third-order valence-corrected chi connectivity index (χ3v) is 8.33. The van der Waals surface area contributed by atoms with Gasteiger partial charge in [-0.3, -0.25) is 4.79 Å². The lowest BCUT2D eigenvalue weighted by Gasteiger charge is -2.22. The summed E-state index contributed by atoms with van der Waals surface area (Å²) in [5.41, 5.74) is 14.9. The van der Waals surface area contributed by atoms with Gasteiger partial charge in [0.25, 0.3) is 0 Å². The van der Waals surface area contributed by atoms with Gasteiger partial charge < -0.3 is 15.6 Å². The molecule has 0 unspecified atom stereocenters. The van der Waals surface area contributed by atoms with Crippen LogP contribution in [0.1, 0.15) is 84.2 Å². The van der Waals surface area contributed by atoms with Crippen molar-refractivity contribution in [2.75, 3.05) is 0 Å². The maximum absolute atomic E-state index is 11.6. The smallest absolute Gasteiger partial charge is 0.307 e. The Bertz CT molecular complexity index is 1320. The molecule has 0 aliphatic heterocycles. The third kappa shape index (κ3) is 6.19. The van der Waals surface area contributed by atoms with Crippen LogP contribution >= 0.6 is 0 Å². The minimum atomic E-state index is -0.843. The highest BCUT2D eigenvalue weighted by molar-refractivity contribution is 5.74. The fourth-order valence-electron chi connectivity index (χ4n) is 5.78. The predicted molar refractivity (Wildman–Crippen MR) is 154 cm³/mol. The van der Waals surface area contributed by atoms with E-state index >= 15 is 0 Å². The molecule has 0 radical (unpaired) electrons. The zero-order chi connectivity index (χ0) is 26.5. The van der Waals surface area contributed by atoms with Crippen LogP contribution in [0.5, 0.6) is 5.75 Å². The van der Waals surface area contributed by atoms with Crippen molar-refractivity contribution in [2.45, 2.75) is 77.4 Å². The largest absolute Gasteiger partial charge is 0.489 e. The first-order valence-electron chi connectivity index (χ1n) is 14.1. The average molecular weight is 510 g/mol. The summed E-state index contributed by atoms with van der Waals surface area (Å²) in [6, 6.07) is 19.0. The molecule has 2 saturated carbocycles. The van der Waals surface area contributed by atoms with Crippen LogP contribution in [0, 0.1) is 12.8 Å². The number of carbonyl (C=O) groups is 1. The van der Waals surface area contributed by atoms with Crippen LogP contribution in [-0.2, 0) is 24.4 Å². The average Bonchev–Trinajstić information content (AvgIpc) is 3.43. The number of hydrogen-bond donors (Lipinski definition) is 2. The van der Waals surface area contributed by atoms with E-state index in [0.29, 0.717) is 30.7 Å². The van der Waals surface area contributed by atoms with Gasteiger partial charge in [0.1, 0.15) is 12.4 Å². The monoisotopic (exact) mass is 509 g/mol. The molecule has 4 nitrogen and oxygen atoms in total. The van der Waals surface area contributed by atoms with E-state index in [4.69, 9.17) is 10.5 Å². The Morgan fingerprint density at radius 1 is 1.00 bits per heavy atom. The summed E-state index contributed by atoms with van der Waals surface area (Å²) in [6.45, 7) is 3.08. The number of nitrogens with two attached hydrogens (primary N) is 1. The minimum Gasteiger partial charge on any atom is -0.489 e. The summed E-state index contributed by atoms with van der Waals surface area (Å²) in [5, 5.41) is 9.49. The van der Waals surface area contributed by atoms with Gasteiger partial charge in [-0.15, -0.1) is 0 Å². The molecule has 0 amide bonds. The molecule has 4 heteroatoms. The summed E-state index contributed by atoms with van der Waals surface area (Å²) in [7, 11) is 0. The molecule has 198 valence electrons. The summed E-state index contributed by atoms with van der Waals surface area (Å²) >= 11 is 0. The Morgan fingerprint density at radius 2 is 1.82 bits per heavy atom. The van der Waals surface area contributed by atoms with Crippen molar-refractivity contribution in [3.05, 3.63) is 94.1 Å². The second kappa shape index (κ2) is 12.0. The topological polar surface area (TPSA) is 72.5 Å². The van der Waals surface area contributed by atoms with Crippen molar-refractivity contribution in [1.82, 2.24) is 0 Å². The van der Waals surface area contributed by atoms with Crippen molar-refractivity contribution in [1.29, 1.82) is 0 Å². The second-order valence-corrected chi connectivity index (χ2v) is 11.0. The number of carboxylic acid groups (broad SMARTS) is 1. The highest BCUT2D eigenvalue weighted by Crippen LogP contribution is 2.37. The summed E-state index contributed by atoms with van der Waals surface area (Å²) in [6.07, 6.45) is 13.3. The Balaban J connectivity index is 1.47. The van der Waals surface area contributed by atoms with Crippen molar-refractivity contribution in [3.63, 3.8) is 0 Å². The fraction of sp³-hybridized carbons (Fsp3) is 0.382. The van der Waals surface area contributed by atoms with E-state index in [9.17, 15) is 9.90 Å². The Hall–Kier alpha value is -3.37. The van der Waals surface area contributed by atoms with Crippen molar-refractivity contribution in [2.24, 2.45) is 11.7 Å². The molecule has 0 heterocycles. The van der Waals surface area contributed by atoms with Crippen molar-refractivity contribution in [3.8, 4) is 16.9 Å². The SMILES string of the molecule is Cc1c(/C=C\C2CCC2)cc(COc2cc(C3CCCC3)ccc2CC(=O)O)cc1-c1cccc(CN)c1. The molecule has 38 heavy (non-hydrogen) atoms. The molecule has 3 aromatic carbocycles. The van der Waals surface area contributed by atoms with Crippen molar-refractivity contribution < 1.29 is 14.6 Å². The minimum absolute atomic E-state index is 0.0410. The lowest BCUT2D eigenvalue weighted by atomic mass is 9.84. The molecule has 0 aromatic heterocycles. The van der Waals surface area contributed by atoms with E-state index < -0.39 is 5.97 Å². The molecule has 0 bridgehead atoms. The quantitative estimate of drug-likeness (QED) is 0.292. The molecule has 2 aliphatic rings. The van der Waals surface area contributed by atoms with Gasteiger partial charge in [-0.1, -0.05) is 61.7 Å². The molecule has 3 N–H and O–H groups in total. The van der Waals surface area contributed by atoms with Crippen LogP contribution in [0.3, 0.4) is 0 Å². The van der Waals surface area contributed by atoms with Gasteiger partial charge in [-0.25, -0.2) is 0 Å². The molecular formula is C34H39NO3. The van der Waals surface area contributed by atoms with Crippen LogP contribution < -0.4 is 10.5 Å². The third-order valence-electron chi connectivity index (χ3n) is 8.33. The van der Waals surface area contributed by atoms with Gasteiger partial charge in [0.2, 0.25) is 0 Å². The zero-order valence-corrected chi connectivity index (χ0v) is 22.4. The van der Waals surface area contributed by atoms with Gasteiger partial charge in [0, 0.05) is 12.1 Å². The zero-order valence-electron chi connectivity index (χ0n) is 22.4. The van der Waals surface area contributed by atoms with Crippen LogP contribution in [0.2, 0.25) is 0 Å². The highest BCUT2D eigenvalue weighted by atomic mass is 16.5. The Morgan fingerprint density at radius 3 is 2.53 bits per heavy atom. The Kier molecular flexibility index (Phi) is 8.29. The van der Waals surface area contributed by atoms with E-state index in [1.807, 2.05) is 6.07 Å². The molecule has 0 saturated heterocycles. The van der Waals surface area contributed by atoms with E-state index in [1.54, 1.807) is 0 Å². The molecular weight excluding hydrogens is 470 g/mol. The maximum Gasteiger partial charge on any atom is 0.307 e. The van der Waals surface area contributed by atoms with E-state index in [-0.39, 0.29) is 6.42 Å². The number of allylic oxidation sites excluding steroid dienone is 1. The first-order chi connectivity index (χ1) is 18.5. The van der Waals surface area contributed by atoms with Gasteiger partial charge >= 0.3 is 5.97 Å². The van der Waals surface area contributed by atoms with Crippen molar-refractivity contribution >= 4 is 12.0 Å². The van der Waals surface area contributed by atoms with Crippen LogP contribution in [-0.4, -0.2) is 11.1 Å². The van der Waals surface area contributed by atoms with Crippen LogP contribution in [0.4, 0.5) is 0 Å². The summed E-state index contributed by atoms with van der Waals surface area (Å²) < 4.78 is 6.41. The van der Waals surface area contributed by atoms with E-state index in [2.05, 4.69) is 67.6 Å². The first kappa shape index (κ1) is 26.2. The lowest BCUT2D eigenvalue weighted by molar-refractivity contribution is -0.136. The van der Waals surface area contributed by atoms with Gasteiger partial charge in [-0.05, 0) is 108 Å². The molecule has 0 spiro atoms. The summed E-state index contributed by atoms with van der Waals surface area (Å²) in [5.74, 6) is 1.07.